The molecule has 126 valence electrons. The Morgan fingerprint density at radius 3 is 2.42 bits per heavy atom. The van der Waals surface area contributed by atoms with Crippen LogP contribution in [0.3, 0.4) is 0 Å². The van der Waals surface area contributed by atoms with Crippen LogP contribution in [0.25, 0.3) is 0 Å². The Kier molecular flexibility index (Phi) is 6.11. The lowest BCUT2D eigenvalue weighted by Crippen LogP contribution is -2.27. The van der Waals surface area contributed by atoms with Crippen LogP contribution in [0, 0.1) is 0 Å². The van der Waals surface area contributed by atoms with Crippen LogP contribution in [0.4, 0.5) is 10.5 Å². The maximum absolute atomic E-state index is 12.5. The van der Waals surface area contributed by atoms with E-state index in [1.165, 1.54) is 0 Å². The maximum atomic E-state index is 12.5. The second-order valence-electron chi connectivity index (χ2n) is 5.15. The van der Waals surface area contributed by atoms with Gasteiger partial charge in [0.1, 0.15) is 0 Å². The number of nitrogens with one attached hydrogen (secondary N) is 2. The fraction of sp³-hybridized carbons (Fsp3) is 0.176. The van der Waals surface area contributed by atoms with Gasteiger partial charge in [-0.3, -0.25) is 4.79 Å². The molecule has 0 aliphatic rings. The number of carbonyl (C=O) groups excluding carboxylic acids is 2. The minimum absolute atomic E-state index is 0.214. The molecule has 0 aromatic heterocycles. The largest absolute Gasteiger partial charge is 0.351 e. The van der Waals surface area contributed by atoms with Crippen LogP contribution in [0.2, 0.25) is 5.02 Å². The first-order valence-corrected chi connectivity index (χ1v) is 8.82. The summed E-state index contributed by atoms with van der Waals surface area (Å²) in [6, 6.07) is 11.6. The zero-order valence-corrected chi connectivity index (χ0v) is 14.9. The van der Waals surface area contributed by atoms with E-state index in [0.717, 1.165) is 10.5 Å². The topological polar surface area (TPSA) is 84.2 Å². The molecule has 3 amide bonds. The Morgan fingerprint density at radius 2 is 1.83 bits per heavy atom. The molecule has 4 N–H and O–H groups in total. The molecule has 1 atom stereocenters. The van der Waals surface area contributed by atoms with Crippen molar-refractivity contribution in [1.29, 1.82) is 0 Å². The molecule has 1 unspecified atom stereocenters. The molecule has 5 nitrogen and oxygen atoms in total. The van der Waals surface area contributed by atoms with Crippen molar-refractivity contribution in [1.82, 2.24) is 5.32 Å². The number of nitrogens with two attached hydrogens (primary N) is 1. The number of hydrogen-bond acceptors (Lipinski definition) is 3. The van der Waals surface area contributed by atoms with Crippen molar-refractivity contribution in [2.75, 3.05) is 11.6 Å². The summed E-state index contributed by atoms with van der Waals surface area (Å²) >= 11 is 7.67. The van der Waals surface area contributed by atoms with Crippen LogP contribution in [-0.4, -0.2) is 18.2 Å². The summed E-state index contributed by atoms with van der Waals surface area (Å²) in [6.45, 7) is 1.88. The molecular weight excluding hydrogens is 346 g/mol. The summed E-state index contributed by atoms with van der Waals surface area (Å²) in [5, 5.41) is 5.82. The molecule has 0 saturated heterocycles. The number of primary amides is 1. The molecule has 2 rings (SSSR count). The molecule has 24 heavy (non-hydrogen) atoms. The minimum Gasteiger partial charge on any atom is -0.351 e. The number of amides is 3. The lowest BCUT2D eigenvalue weighted by atomic mass is 10.1. The van der Waals surface area contributed by atoms with Gasteiger partial charge in [0, 0.05) is 10.6 Å². The van der Waals surface area contributed by atoms with Crippen LogP contribution in [0.5, 0.6) is 0 Å². The summed E-state index contributed by atoms with van der Waals surface area (Å²) in [5.41, 5.74) is 7.01. The summed E-state index contributed by atoms with van der Waals surface area (Å²) < 4.78 is 0. The first-order chi connectivity index (χ1) is 11.4. The molecule has 0 saturated carbocycles. The standard InChI is InChI=1S/C17H18ClN3O2S/c1-10(11-3-5-12(6-4-11)21-17(19)23)20-16(22)14-9-13(24-2)7-8-15(14)18/h3-10H,1-2H3,(H,20,22)(H3,19,21,23). The minimum atomic E-state index is -0.618. The van der Waals surface area contributed by atoms with Crippen LogP contribution in [0.15, 0.2) is 47.4 Å². The Balaban J connectivity index is 2.10. The highest BCUT2D eigenvalue weighted by molar-refractivity contribution is 7.98. The summed E-state index contributed by atoms with van der Waals surface area (Å²) in [4.78, 5) is 24.2. The van der Waals surface area contributed by atoms with Crippen molar-refractivity contribution < 1.29 is 9.59 Å². The van der Waals surface area contributed by atoms with Gasteiger partial charge in [0.15, 0.2) is 0 Å². The fourth-order valence-corrected chi connectivity index (χ4v) is 2.80. The third-order valence-electron chi connectivity index (χ3n) is 3.44. The van der Waals surface area contributed by atoms with Crippen molar-refractivity contribution in [3.05, 3.63) is 58.6 Å². The van der Waals surface area contributed by atoms with Crippen LogP contribution in [-0.2, 0) is 0 Å². The first-order valence-electron chi connectivity index (χ1n) is 7.21. The Hall–Kier alpha value is -2.18. The highest BCUT2D eigenvalue weighted by Gasteiger charge is 2.15. The van der Waals surface area contributed by atoms with Crippen molar-refractivity contribution in [2.24, 2.45) is 5.73 Å². The third-order valence-corrected chi connectivity index (χ3v) is 4.50. The van der Waals surface area contributed by atoms with Gasteiger partial charge in [-0.15, -0.1) is 11.8 Å². The van der Waals surface area contributed by atoms with Crippen molar-refractivity contribution in [3.63, 3.8) is 0 Å². The molecule has 2 aromatic carbocycles. The number of urea groups is 1. The molecule has 0 bridgehead atoms. The van der Waals surface area contributed by atoms with Crippen LogP contribution < -0.4 is 16.4 Å². The van der Waals surface area contributed by atoms with Crippen LogP contribution >= 0.6 is 23.4 Å². The van der Waals surface area contributed by atoms with Gasteiger partial charge < -0.3 is 16.4 Å². The average molecular weight is 364 g/mol. The van der Waals surface area contributed by atoms with E-state index in [1.807, 2.05) is 31.4 Å². The van der Waals surface area contributed by atoms with Gasteiger partial charge in [0.25, 0.3) is 5.91 Å². The maximum Gasteiger partial charge on any atom is 0.316 e. The molecule has 0 heterocycles. The molecule has 0 aliphatic carbocycles. The number of halogens is 1. The number of hydrogen-bond donors (Lipinski definition) is 3. The Morgan fingerprint density at radius 1 is 1.17 bits per heavy atom. The molecule has 0 radical (unpaired) electrons. The van der Waals surface area contributed by atoms with Crippen molar-refractivity contribution in [3.8, 4) is 0 Å². The number of benzene rings is 2. The fourth-order valence-electron chi connectivity index (χ4n) is 2.16. The second kappa shape index (κ2) is 8.08. The third kappa shape index (κ3) is 4.66. The van der Waals surface area contributed by atoms with E-state index >= 15 is 0 Å². The first kappa shape index (κ1) is 18.2. The smallest absolute Gasteiger partial charge is 0.316 e. The zero-order valence-electron chi connectivity index (χ0n) is 13.3. The van der Waals surface area contributed by atoms with Crippen molar-refractivity contribution >= 4 is 41.0 Å². The lowest BCUT2D eigenvalue weighted by molar-refractivity contribution is 0.0940. The van der Waals surface area contributed by atoms with E-state index in [2.05, 4.69) is 10.6 Å². The molecular formula is C17H18ClN3O2S. The van der Waals surface area contributed by atoms with Gasteiger partial charge >= 0.3 is 6.03 Å². The molecule has 7 heteroatoms. The van der Waals surface area contributed by atoms with E-state index < -0.39 is 6.03 Å². The van der Waals surface area contributed by atoms with E-state index in [4.69, 9.17) is 17.3 Å². The van der Waals surface area contributed by atoms with Gasteiger partial charge in [0.2, 0.25) is 0 Å². The average Bonchev–Trinajstić information content (AvgIpc) is 2.55. The van der Waals surface area contributed by atoms with E-state index in [-0.39, 0.29) is 11.9 Å². The predicted octanol–water partition coefficient (Wildman–Crippen LogP) is 4.04. The normalized spacial score (nSPS) is 11.6. The quantitative estimate of drug-likeness (QED) is 0.701. The van der Waals surface area contributed by atoms with Crippen LogP contribution in [0.1, 0.15) is 28.9 Å². The highest BCUT2D eigenvalue weighted by Crippen LogP contribution is 2.24. The van der Waals surface area contributed by atoms with E-state index in [0.29, 0.717) is 16.3 Å². The monoisotopic (exact) mass is 363 g/mol. The number of anilines is 1. The molecule has 0 fully saturated rings. The highest BCUT2D eigenvalue weighted by atomic mass is 35.5. The molecule has 2 aromatic rings. The van der Waals surface area contributed by atoms with Gasteiger partial charge in [-0.1, -0.05) is 23.7 Å². The van der Waals surface area contributed by atoms with Crippen molar-refractivity contribution in [2.45, 2.75) is 17.9 Å². The number of carbonyl (C=O) groups is 2. The van der Waals surface area contributed by atoms with Gasteiger partial charge in [-0.05, 0) is 49.1 Å². The second-order valence-corrected chi connectivity index (χ2v) is 6.44. The molecule has 0 aliphatic heterocycles. The van der Waals surface area contributed by atoms with Gasteiger partial charge in [-0.25, -0.2) is 4.79 Å². The Bertz CT molecular complexity index is 750. The lowest BCUT2D eigenvalue weighted by Gasteiger charge is -2.16. The molecule has 0 spiro atoms. The Labute approximate surface area is 150 Å². The van der Waals surface area contributed by atoms with E-state index in [9.17, 15) is 9.59 Å². The summed E-state index contributed by atoms with van der Waals surface area (Å²) in [6.07, 6.45) is 1.94. The number of thioether (sulfide) groups is 1. The summed E-state index contributed by atoms with van der Waals surface area (Å²) in [5.74, 6) is -0.234. The zero-order chi connectivity index (χ0) is 17.7. The number of rotatable bonds is 5. The SMILES string of the molecule is CSc1ccc(Cl)c(C(=O)NC(C)c2ccc(NC(N)=O)cc2)c1. The predicted molar refractivity (Wildman–Crippen MR) is 98.8 cm³/mol. The summed E-state index contributed by atoms with van der Waals surface area (Å²) in [7, 11) is 0. The van der Waals surface area contributed by atoms with E-state index in [1.54, 1.807) is 36.0 Å². The van der Waals surface area contributed by atoms with Gasteiger partial charge in [-0.2, -0.15) is 0 Å². The van der Waals surface area contributed by atoms with Gasteiger partial charge in [0.05, 0.1) is 16.6 Å².